The molecule has 2 aromatic rings. The van der Waals surface area contributed by atoms with Crippen LogP contribution in [0.25, 0.3) is 10.9 Å². The van der Waals surface area contributed by atoms with Crippen LogP contribution < -0.4 is 10.8 Å². The molecule has 0 unspecified atom stereocenters. The number of nitrogens with two attached hydrogens (primary N) is 1. The van der Waals surface area contributed by atoms with Crippen LogP contribution in [0.5, 0.6) is 0 Å². The number of hydrogen-bond acceptors (Lipinski definition) is 4. The number of nitrogen functional groups attached to an aromatic ring is 1. The maximum atomic E-state index is 10.4. The Labute approximate surface area is 79.5 Å². The van der Waals surface area contributed by atoms with Crippen molar-refractivity contribution in [1.82, 2.24) is 10.2 Å². The Bertz CT molecular complexity index is 490. The van der Waals surface area contributed by atoms with E-state index in [1.165, 1.54) is 0 Å². The van der Waals surface area contributed by atoms with Gasteiger partial charge in [0.15, 0.2) is 0 Å². The predicted octanol–water partition coefficient (Wildman–Crippen LogP) is -0.563. The molecule has 14 heavy (non-hydrogen) atoms. The molecule has 0 fully saturated rings. The highest BCUT2D eigenvalue weighted by molar-refractivity contribution is 5.86. The number of H-pyrrole nitrogens is 1. The van der Waals surface area contributed by atoms with Crippen LogP contribution >= 0.6 is 0 Å². The molecule has 0 atom stereocenters. The van der Waals surface area contributed by atoms with Crippen molar-refractivity contribution in [2.75, 3.05) is 5.73 Å². The lowest BCUT2D eigenvalue weighted by Crippen LogP contribution is -2.24. The number of aromatic nitrogens is 2. The summed E-state index contributed by atoms with van der Waals surface area (Å²) in [7, 11) is 0. The van der Waals surface area contributed by atoms with Crippen LogP contribution in [-0.2, 0) is 11.2 Å². The number of hydrogen-bond donors (Lipinski definition) is 2. The van der Waals surface area contributed by atoms with Crippen LogP contribution in [0.1, 0.15) is 5.69 Å². The summed E-state index contributed by atoms with van der Waals surface area (Å²) in [6.45, 7) is 0. The van der Waals surface area contributed by atoms with Crippen LogP contribution in [0.4, 0.5) is 5.69 Å². The minimum absolute atomic E-state index is 0.166. The summed E-state index contributed by atoms with van der Waals surface area (Å²) >= 11 is 0. The second-order valence-corrected chi connectivity index (χ2v) is 3.03. The van der Waals surface area contributed by atoms with Crippen LogP contribution in [0, 0.1) is 0 Å². The fraction of sp³-hybridized carbons (Fsp3) is 0.111. The number of aromatic amines is 1. The van der Waals surface area contributed by atoms with E-state index in [1.54, 1.807) is 18.2 Å². The topological polar surface area (TPSA) is 94.8 Å². The lowest BCUT2D eigenvalue weighted by Gasteiger charge is -1.99. The first-order valence-corrected chi connectivity index (χ1v) is 4.09. The van der Waals surface area contributed by atoms with Gasteiger partial charge in [0.25, 0.3) is 0 Å². The molecule has 0 aliphatic carbocycles. The van der Waals surface area contributed by atoms with E-state index >= 15 is 0 Å². The summed E-state index contributed by atoms with van der Waals surface area (Å²) in [6.07, 6.45) is -0.166. The van der Waals surface area contributed by atoms with Crippen molar-refractivity contribution in [3.8, 4) is 0 Å². The Morgan fingerprint density at radius 1 is 1.57 bits per heavy atom. The molecule has 0 aliphatic rings. The van der Waals surface area contributed by atoms with E-state index in [1.807, 2.05) is 0 Å². The molecule has 1 aromatic carbocycles. The summed E-state index contributed by atoms with van der Waals surface area (Å²) in [4.78, 5) is 10.4. The molecule has 5 nitrogen and oxygen atoms in total. The van der Waals surface area contributed by atoms with Crippen molar-refractivity contribution in [2.45, 2.75) is 6.42 Å². The summed E-state index contributed by atoms with van der Waals surface area (Å²) in [5.41, 5.74) is 7.36. The predicted molar refractivity (Wildman–Crippen MR) is 49.2 cm³/mol. The molecule has 2 rings (SSSR count). The van der Waals surface area contributed by atoms with Crippen molar-refractivity contribution in [1.29, 1.82) is 0 Å². The summed E-state index contributed by atoms with van der Waals surface area (Å²) in [5, 5.41) is 17.7. The largest absolute Gasteiger partial charge is 0.550 e. The maximum absolute atomic E-state index is 10.4. The van der Waals surface area contributed by atoms with Crippen LogP contribution in [0.3, 0.4) is 0 Å². The molecular weight excluding hydrogens is 182 g/mol. The number of fused-ring (bicyclic) bond motifs is 1. The molecule has 0 amide bonds. The molecule has 0 saturated carbocycles. The third-order valence-electron chi connectivity index (χ3n) is 1.98. The fourth-order valence-electron chi connectivity index (χ4n) is 1.36. The fourth-order valence-corrected chi connectivity index (χ4v) is 1.36. The quantitative estimate of drug-likeness (QED) is 0.620. The Morgan fingerprint density at radius 3 is 3.07 bits per heavy atom. The molecule has 0 radical (unpaired) electrons. The van der Waals surface area contributed by atoms with Crippen molar-refractivity contribution in [3.63, 3.8) is 0 Å². The number of aliphatic carboxylic acids is 1. The molecule has 5 heteroatoms. The van der Waals surface area contributed by atoms with E-state index in [0.29, 0.717) is 16.9 Å². The number of carbonyl (C=O) groups is 1. The minimum atomic E-state index is -1.13. The van der Waals surface area contributed by atoms with Gasteiger partial charge in [-0.3, -0.25) is 5.10 Å². The zero-order chi connectivity index (χ0) is 10.1. The van der Waals surface area contributed by atoms with Gasteiger partial charge in [0.1, 0.15) is 0 Å². The molecule has 0 bridgehead atoms. The second kappa shape index (κ2) is 3.02. The Balaban J connectivity index is 2.52. The zero-order valence-electron chi connectivity index (χ0n) is 7.28. The number of carboxylic acid groups (broad SMARTS) is 1. The van der Waals surface area contributed by atoms with Gasteiger partial charge in [0, 0.05) is 29.2 Å². The number of nitrogens with one attached hydrogen (secondary N) is 1. The van der Waals surface area contributed by atoms with E-state index in [0.717, 1.165) is 5.39 Å². The van der Waals surface area contributed by atoms with Gasteiger partial charge in [-0.2, -0.15) is 5.10 Å². The zero-order valence-corrected chi connectivity index (χ0v) is 7.28. The summed E-state index contributed by atoms with van der Waals surface area (Å²) < 4.78 is 0. The number of anilines is 1. The van der Waals surface area contributed by atoms with Crippen molar-refractivity contribution in [3.05, 3.63) is 23.9 Å². The van der Waals surface area contributed by atoms with Gasteiger partial charge in [-0.05, 0) is 18.2 Å². The lowest BCUT2D eigenvalue weighted by atomic mass is 10.1. The average Bonchev–Trinajstić information content (AvgIpc) is 2.47. The SMILES string of the molecule is Nc1ccc2c(CC(=O)[O-])[nH]nc2c1. The van der Waals surface area contributed by atoms with Crippen molar-refractivity contribution < 1.29 is 9.90 Å². The van der Waals surface area contributed by atoms with E-state index in [-0.39, 0.29) is 6.42 Å². The van der Waals surface area contributed by atoms with E-state index < -0.39 is 5.97 Å². The van der Waals surface area contributed by atoms with E-state index in [9.17, 15) is 9.90 Å². The smallest absolute Gasteiger partial charge is 0.0944 e. The Hall–Kier alpha value is -2.04. The number of carbonyl (C=O) groups excluding carboxylic acids is 1. The van der Waals surface area contributed by atoms with Gasteiger partial charge in [-0.15, -0.1) is 0 Å². The monoisotopic (exact) mass is 190 g/mol. The minimum Gasteiger partial charge on any atom is -0.550 e. The highest BCUT2D eigenvalue weighted by Crippen LogP contribution is 2.18. The molecule has 0 spiro atoms. The molecule has 3 N–H and O–H groups in total. The van der Waals surface area contributed by atoms with Crippen LogP contribution in [-0.4, -0.2) is 16.2 Å². The van der Waals surface area contributed by atoms with E-state index in [4.69, 9.17) is 5.73 Å². The Morgan fingerprint density at radius 2 is 2.36 bits per heavy atom. The van der Waals surface area contributed by atoms with Crippen LogP contribution in [0.15, 0.2) is 18.2 Å². The molecule has 1 aromatic heterocycles. The lowest BCUT2D eigenvalue weighted by molar-refractivity contribution is -0.304. The number of carboxylic acids is 1. The number of nitrogens with zero attached hydrogens (tertiary/aromatic N) is 1. The first-order valence-electron chi connectivity index (χ1n) is 4.09. The van der Waals surface area contributed by atoms with E-state index in [2.05, 4.69) is 10.2 Å². The third kappa shape index (κ3) is 1.39. The summed E-state index contributed by atoms with van der Waals surface area (Å²) in [5.74, 6) is -1.13. The third-order valence-corrected chi connectivity index (χ3v) is 1.98. The normalized spacial score (nSPS) is 10.6. The molecule has 1 heterocycles. The van der Waals surface area contributed by atoms with Gasteiger partial charge >= 0.3 is 0 Å². The first kappa shape index (κ1) is 8.55. The standard InChI is InChI=1S/C9H9N3O2/c10-5-1-2-6-7(3-5)11-12-8(6)4-9(13)14/h1-3H,4,10H2,(H,11,12)(H,13,14)/p-1. The molecular formula is C9H8N3O2-. The van der Waals surface area contributed by atoms with Crippen LogP contribution in [0.2, 0.25) is 0 Å². The average molecular weight is 190 g/mol. The molecule has 0 saturated heterocycles. The van der Waals surface area contributed by atoms with Gasteiger partial charge in [0.2, 0.25) is 0 Å². The van der Waals surface area contributed by atoms with Crippen molar-refractivity contribution in [2.24, 2.45) is 0 Å². The van der Waals surface area contributed by atoms with Gasteiger partial charge < -0.3 is 15.6 Å². The second-order valence-electron chi connectivity index (χ2n) is 3.03. The highest BCUT2D eigenvalue weighted by Gasteiger charge is 2.04. The highest BCUT2D eigenvalue weighted by atomic mass is 16.4. The number of benzene rings is 1. The summed E-state index contributed by atoms with van der Waals surface area (Å²) in [6, 6.07) is 5.13. The Kier molecular flexibility index (Phi) is 1.85. The number of rotatable bonds is 2. The van der Waals surface area contributed by atoms with Gasteiger partial charge in [-0.1, -0.05) is 0 Å². The molecule has 0 aliphatic heterocycles. The van der Waals surface area contributed by atoms with Gasteiger partial charge in [-0.25, -0.2) is 0 Å². The maximum Gasteiger partial charge on any atom is 0.0944 e. The van der Waals surface area contributed by atoms with Gasteiger partial charge in [0.05, 0.1) is 5.52 Å². The van der Waals surface area contributed by atoms with Crippen molar-refractivity contribution >= 4 is 22.6 Å². The molecule has 72 valence electrons. The first-order chi connectivity index (χ1) is 6.66.